The van der Waals surface area contributed by atoms with Crippen LogP contribution in [-0.2, 0) is 0 Å². The average Bonchev–Trinajstić information content (AvgIpc) is 2.49. The maximum atomic E-state index is 11.8. The highest BCUT2D eigenvalue weighted by atomic mass is 16.6. The largest absolute Gasteiger partial charge is 0.420 e. The van der Waals surface area contributed by atoms with Gasteiger partial charge in [0.25, 0.3) is 0 Å². The molecule has 3 amide bonds. The van der Waals surface area contributed by atoms with Gasteiger partial charge >= 0.3 is 12.1 Å². The number of amides is 3. The lowest BCUT2D eigenvalue weighted by atomic mass is 10.0. The summed E-state index contributed by atoms with van der Waals surface area (Å²) in [5, 5.41) is 4.77. The number of para-hydroxylation sites is 1. The van der Waals surface area contributed by atoms with E-state index in [1.165, 1.54) is 0 Å². The molecule has 22 heavy (non-hydrogen) atoms. The van der Waals surface area contributed by atoms with E-state index in [2.05, 4.69) is 10.6 Å². The van der Waals surface area contributed by atoms with Crippen LogP contribution in [0.4, 0.5) is 15.3 Å². The Morgan fingerprint density at radius 1 is 0.909 bits per heavy atom. The van der Waals surface area contributed by atoms with E-state index in [9.17, 15) is 9.59 Å². The van der Waals surface area contributed by atoms with Crippen LogP contribution in [-0.4, -0.2) is 12.1 Å². The van der Waals surface area contributed by atoms with Crippen molar-refractivity contribution in [2.75, 3.05) is 5.32 Å². The lowest BCUT2D eigenvalue weighted by Crippen LogP contribution is -2.36. The van der Waals surface area contributed by atoms with Crippen LogP contribution in [0.1, 0.15) is 16.7 Å². The van der Waals surface area contributed by atoms with Crippen molar-refractivity contribution in [2.24, 2.45) is 0 Å². The molecule has 2 aromatic rings. The fourth-order valence-corrected chi connectivity index (χ4v) is 1.96. The third-order valence-electron chi connectivity index (χ3n) is 3.48. The summed E-state index contributed by atoms with van der Waals surface area (Å²) in [6, 6.07) is 11.6. The highest BCUT2D eigenvalue weighted by molar-refractivity contribution is 5.99. The molecule has 0 unspecified atom stereocenters. The molecule has 2 rings (SSSR count). The van der Waals surface area contributed by atoms with Gasteiger partial charge in [-0.25, -0.2) is 14.9 Å². The van der Waals surface area contributed by atoms with Crippen molar-refractivity contribution in [3.8, 4) is 5.75 Å². The molecular formula is C17H18N2O3. The van der Waals surface area contributed by atoms with Crippen molar-refractivity contribution in [3.63, 3.8) is 0 Å². The van der Waals surface area contributed by atoms with Crippen molar-refractivity contribution in [3.05, 3.63) is 59.2 Å². The van der Waals surface area contributed by atoms with Crippen molar-refractivity contribution in [1.29, 1.82) is 0 Å². The molecule has 0 aliphatic heterocycles. The van der Waals surface area contributed by atoms with E-state index < -0.39 is 12.1 Å². The molecule has 0 bridgehead atoms. The molecule has 114 valence electrons. The van der Waals surface area contributed by atoms with Crippen molar-refractivity contribution in [2.45, 2.75) is 20.8 Å². The van der Waals surface area contributed by atoms with Gasteiger partial charge in [0.2, 0.25) is 0 Å². The van der Waals surface area contributed by atoms with Crippen LogP contribution < -0.4 is 15.4 Å². The van der Waals surface area contributed by atoms with Gasteiger partial charge in [-0.3, -0.25) is 0 Å². The second-order valence-corrected chi connectivity index (χ2v) is 4.96. The minimum atomic E-state index is -0.829. The van der Waals surface area contributed by atoms with Gasteiger partial charge in [0, 0.05) is 5.69 Å². The smallest absolute Gasteiger partial charge is 0.410 e. The molecule has 2 aromatic carbocycles. The van der Waals surface area contributed by atoms with Crippen LogP contribution in [0.2, 0.25) is 0 Å². The van der Waals surface area contributed by atoms with Crippen LogP contribution in [0.5, 0.6) is 5.75 Å². The average molecular weight is 298 g/mol. The summed E-state index contributed by atoms with van der Waals surface area (Å²) in [6.07, 6.45) is -0.829. The summed E-state index contributed by atoms with van der Waals surface area (Å²) in [6.45, 7) is 5.90. The van der Waals surface area contributed by atoms with Gasteiger partial charge in [-0.15, -0.1) is 0 Å². The monoisotopic (exact) mass is 298 g/mol. The number of carbonyl (C=O) groups excluding carboxylic acids is 2. The standard InChI is InChI=1S/C17H18N2O3/c1-11-9-10-15(13(3)12(11)2)18-16(20)19-17(21)22-14-7-5-4-6-8-14/h4-10H,1-3H3,(H2,18,19,20,21). The Hall–Kier alpha value is -2.82. The van der Waals surface area contributed by atoms with Crippen LogP contribution in [0, 0.1) is 20.8 Å². The Morgan fingerprint density at radius 2 is 1.59 bits per heavy atom. The molecule has 0 aliphatic carbocycles. The van der Waals surface area contributed by atoms with Crippen molar-refractivity contribution < 1.29 is 14.3 Å². The van der Waals surface area contributed by atoms with Gasteiger partial charge in [-0.1, -0.05) is 24.3 Å². The molecule has 2 N–H and O–H groups in total. The molecule has 0 spiro atoms. The quantitative estimate of drug-likeness (QED) is 0.882. The lowest BCUT2D eigenvalue weighted by molar-refractivity contribution is 0.199. The number of urea groups is 1. The van der Waals surface area contributed by atoms with Crippen LogP contribution >= 0.6 is 0 Å². The van der Waals surface area contributed by atoms with E-state index >= 15 is 0 Å². The normalized spacial score (nSPS) is 9.95. The first-order valence-electron chi connectivity index (χ1n) is 6.89. The van der Waals surface area contributed by atoms with E-state index in [0.717, 1.165) is 16.7 Å². The topological polar surface area (TPSA) is 67.4 Å². The lowest BCUT2D eigenvalue weighted by Gasteiger charge is -2.12. The molecule has 0 aliphatic rings. The van der Waals surface area contributed by atoms with Crippen LogP contribution in [0.25, 0.3) is 0 Å². The fourth-order valence-electron chi connectivity index (χ4n) is 1.96. The van der Waals surface area contributed by atoms with Gasteiger partial charge in [0.15, 0.2) is 0 Å². The van der Waals surface area contributed by atoms with Gasteiger partial charge in [-0.05, 0) is 55.7 Å². The summed E-state index contributed by atoms with van der Waals surface area (Å²) in [4.78, 5) is 23.5. The number of ether oxygens (including phenoxy) is 1. The minimum absolute atomic E-state index is 0.371. The minimum Gasteiger partial charge on any atom is -0.410 e. The third-order valence-corrected chi connectivity index (χ3v) is 3.48. The Balaban J connectivity index is 1.96. The maximum Gasteiger partial charge on any atom is 0.420 e. The SMILES string of the molecule is Cc1ccc(NC(=O)NC(=O)Oc2ccccc2)c(C)c1C. The molecule has 0 saturated carbocycles. The zero-order chi connectivity index (χ0) is 16.1. The first kappa shape index (κ1) is 15.6. The Morgan fingerprint density at radius 3 is 2.27 bits per heavy atom. The Kier molecular flexibility index (Phi) is 4.78. The number of rotatable bonds is 2. The summed E-state index contributed by atoms with van der Waals surface area (Å²) in [5.74, 6) is 0.371. The molecule has 5 heteroatoms. The van der Waals surface area contributed by atoms with E-state index in [4.69, 9.17) is 4.74 Å². The van der Waals surface area contributed by atoms with Gasteiger partial charge in [0.05, 0.1) is 0 Å². The van der Waals surface area contributed by atoms with Gasteiger partial charge in [0.1, 0.15) is 5.75 Å². The maximum absolute atomic E-state index is 11.8. The molecule has 0 aromatic heterocycles. The number of carbonyl (C=O) groups is 2. The predicted molar refractivity (Wildman–Crippen MR) is 85.3 cm³/mol. The second-order valence-electron chi connectivity index (χ2n) is 4.96. The summed E-state index contributed by atoms with van der Waals surface area (Å²) in [5.41, 5.74) is 3.87. The zero-order valence-electron chi connectivity index (χ0n) is 12.8. The van der Waals surface area contributed by atoms with E-state index in [-0.39, 0.29) is 0 Å². The number of benzene rings is 2. The Bertz CT molecular complexity index is 697. The molecular weight excluding hydrogens is 280 g/mol. The highest BCUT2D eigenvalue weighted by Gasteiger charge is 2.12. The molecule has 5 nitrogen and oxygen atoms in total. The van der Waals surface area contributed by atoms with Crippen molar-refractivity contribution >= 4 is 17.8 Å². The molecule has 0 atom stereocenters. The first-order valence-corrected chi connectivity index (χ1v) is 6.89. The number of hydrogen-bond donors (Lipinski definition) is 2. The Labute approximate surface area is 129 Å². The summed E-state index contributed by atoms with van der Waals surface area (Å²) >= 11 is 0. The third kappa shape index (κ3) is 3.85. The summed E-state index contributed by atoms with van der Waals surface area (Å²) in [7, 11) is 0. The number of nitrogens with one attached hydrogen (secondary N) is 2. The molecule has 0 fully saturated rings. The van der Waals surface area contributed by atoms with E-state index in [0.29, 0.717) is 11.4 Å². The highest BCUT2D eigenvalue weighted by Crippen LogP contribution is 2.21. The summed E-state index contributed by atoms with van der Waals surface area (Å²) < 4.78 is 4.98. The molecule has 0 saturated heterocycles. The first-order chi connectivity index (χ1) is 10.5. The zero-order valence-corrected chi connectivity index (χ0v) is 12.8. The number of aryl methyl sites for hydroxylation is 1. The number of hydrogen-bond acceptors (Lipinski definition) is 3. The van der Waals surface area contributed by atoms with Crippen LogP contribution in [0.3, 0.4) is 0 Å². The number of imide groups is 1. The van der Waals surface area contributed by atoms with Crippen molar-refractivity contribution in [1.82, 2.24) is 5.32 Å². The van der Waals surface area contributed by atoms with Gasteiger partial charge in [-0.2, -0.15) is 0 Å². The van der Waals surface area contributed by atoms with E-state index in [1.54, 1.807) is 36.4 Å². The molecule has 0 heterocycles. The predicted octanol–water partition coefficient (Wildman–Crippen LogP) is 3.93. The fraction of sp³-hybridized carbons (Fsp3) is 0.176. The van der Waals surface area contributed by atoms with E-state index in [1.807, 2.05) is 26.8 Å². The van der Waals surface area contributed by atoms with Gasteiger partial charge < -0.3 is 10.1 Å². The van der Waals surface area contributed by atoms with Crippen LogP contribution in [0.15, 0.2) is 42.5 Å². The second kappa shape index (κ2) is 6.76. The number of anilines is 1. The molecule has 0 radical (unpaired) electrons.